The van der Waals surface area contributed by atoms with Crippen LogP contribution in [0, 0.1) is 0 Å². The summed E-state index contributed by atoms with van der Waals surface area (Å²) in [5, 5.41) is 3.31. The van der Waals surface area contributed by atoms with E-state index in [0.29, 0.717) is 0 Å². The number of aromatic nitrogens is 2. The van der Waals surface area contributed by atoms with Gasteiger partial charge in [-0.25, -0.2) is 9.97 Å². The Morgan fingerprint density at radius 2 is 2.00 bits per heavy atom. The molecule has 1 aromatic heterocycles. The molecule has 0 fully saturated rings. The van der Waals surface area contributed by atoms with Gasteiger partial charge in [-0.15, -0.1) is 0 Å². The van der Waals surface area contributed by atoms with E-state index in [2.05, 4.69) is 34.3 Å². The lowest BCUT2D eigenvalue weighted by Crippen LogP contribution is -2.21. The van der Waals surface area contributed by atoms with Gasteiger partial charge in [-0.2, -0.15) is 0 Å². The zero-order valence-electron chi connectivity index (χ0n) is 8.90. The average molecular weight is 194 g/mol. The fraction of sp³-hybridized carbons (Fsp3) is 0.600. The second-order valence-corrected chi connectivity index (χ2v) is 3.50. The Labute approximate surface area is 85.4 Å². The number of hydrogen-bond acceptors (Lipinski definition) is 4. The number of nitrogens with zero attached hydrogens (tertiary/aromatic N) is 3. The minimum Gasteiger partial charge on any atom is -0.310 e. The summed E-state index contributed by atoms with van der Waals surface area (Å²) in [6, 6.07) is 1.83. The van der Waals surface area contributed by atoms with Crippen molar-refractivity contribution in [3.63, 3.8) is 0 Å². The van der Waals surface area contributed by atoms with Gasteiger partial charge in [0.25, 0.3) is 0 Å². The number of hydrogen-bond donors (Lipinski definition) is 1. The zero-order valence-corrected chi connectivity index (χ0v) is 8.90. The molecule has 0 atom stereocenters. The first kappa shape index (κ1) is 11.1. The van der Waals surface area contributed by atoms with Gasteiger partial charge in [0.15, 0.2) is 0 Å². The maximum atomic E-state index is 4.13. The minimum atomic E-state index is 0.758. The van der Waals surface area contributed by atoms with Crippen LogP contribution in [0.15, 0.2) is 18.5 Å². The van der Waals surface area contributed by atoms with Crippen LogP contribution in [0.2, 0.25) is 0 Å². The molecule has 0 amide bonds. The molecule has 1 heterocycles. The minimum absolute atomic E-state index is 0.758. The molecular formula is C10H18N4. The lowest BCUT2D eigenvalue weighted by atomic mass is 10.4. The van der Waals surface area contributed by atoms with Crippen LogP contribution in [0.1, 0.15) is 12.2 Å². The molecule has 0 saturated carbocycles. The van der Waals surface area contributed by atoms with E-state index < -0.39 is 0 Å². The monoisotopic (exact) mass is 194 g/mol. The number of nitrogens with one attached hydrogen (secondary N) is 1. The maximum absolute atomic E-state index is 4.13. The Morgan fingerprint density at radius 3 is 2.64 bits per heavy atom. The van der Waals surface area contributed by atoms with E-state index in [1.165, 1.54) is 0 Å². The van der Waals surface area contributed by atoms with E-state index in [4.69, 9.17) is 0 Å². The van der Waals surface area contributed by atoms with Gasteiger partial charge in [-0.1, -0.05) is 0 Å². The summed E-state index contributed by atoms with van der Waals surface area (Å²) in [5.74, 6) is 0.859. The second-order valence-electron chi connectivity index (χ2n) is 3.50. The van der Waals surface area contributed by atoms with Gasteiger partial charge in [-0.05, 0) is 39.7 Å². The SMILES string of the molecule is CN(C)CCCNCc1ncccn1. The Morgan fingerprint density at radius 1 is 1.29 bits per heavy atom. The molecule has 0 aromatic carbocycles. The van der Waals surface area contributed by atoms with E-state index in [1.54, 1.807) is 12.4 Å². The van der Waals surface area contributed by atoms with E-state index in [-0.39, 0.29) is 0 Å². The third-order valence-corrected chi connectivity index (χ3v) is 1.86. The quantitative estimate of drug-likeness (QED) is 0.670. The van der Waals surface area contributed by atoms with Crippen LogP contribution in [-0.4, -0.2) is 42.1 Å². The van der Waals surface area contributed by atoms with Crippen LogP contribution in [0.3, 0.4) is 0 Å². The molecule has 0 unspecified atom stereocenters. The molecule has 0 spiro atoms. The van der Waals surface area contributed by atoms with E-state index in [1.807, 2.05) is 6.07 Å². The highest BCUT2D eigenvalue weighted by Crippen LogP contribution is 1.87. The highest BCUT2D eigenvalue weighted by atomic mass is 15.1. The van der Waals surface area contributed by atoms with Crippen LogP contribution in [0.25, 0.3) is 0 Å². The predicted molar refractivity (Wildman–Crippen MR) is 56.9 cm³/mol. The molecule has 0 saturated heterocycles. The summed E-state index contributed by atoms with van der Waals surface area (Å²) < 4.78 is 0. The Hall–Kier alpha value is -1.00. The van der Waals surface area contributed by atoms with Gasteiger partial charge in [0.1, 0.15) is 5.82 Å². The lowest BCUT2D eigenvalue weighted by Gasteiger charge is -2.09. The van der Waals surface area contributed by atoms with Gasteiger partial charge in [0, 0.05) is 12.4 Å². The molecule has 0 aliphatic carbocycles. The van der Waals surface area contributed by atoms with Crippen molar-refractivity contribution in [2.75, 3.05) is 27.2 Å². The molecule has 0 aliphatic rings. The summed E-state index contributed by atoms with van der Waals surface area (Å²) in [7, 11) is 4.17. The summed E-state index contributed by atoms with van der Waals surface area (Å²) in [6.45, 7) is 2.88. The average Bonchev–Trinajstić information content (AvgIpc) is 2.18. The first-order valence-electron chi connectivity index (χ1n) is 4.90. The summed E-state index contributed by atoms with van der Waals surface area (Å²) in [5.41, 5.74) is 0. The van der Waals surface area contributed by atoms with Crippen molar-refractivity contribution in [3.8, 4) is 0 Å². The molecule has 0 aliphatic heterocycles. The van der Waals surface area contributed by atoms with Gasteiger partial charge in [0.2, 0.25) is 0 Å². The summed E-state index contributed by atoms with van der Waals surface area (Å²) in [4.78, 5) is 10.4. The molecule has 0 radical (unpaired) electrons. The molecule has 1 N–H and O–H groups in total. The molecule has 0 bridgehead atoms. The molecule has 14 heavy (non-hydrogen) atoms. The van der Waals surface area contributed by atoms with Crippen molar-refractivity contribution in [1.29, 1.82) is 0 Å². The highest BCUT2D eigenvalue weighted by molar-refractivity contribution is 4.87. The largest absolute Gasteiger partial charge is 0.310 e. The zero-order chi connectivity index (χ0) is 10.2. The van der Waals surface area contributed by atoms with E-state index in [0.717, 1.165) is 31.9 Å². The molecule has 1 rings (SSSR count). The van der Waals surface area contributed by atoms with Crippen molar-refractivity contribution < 1.29 is 0 Å². The molecule has 4 heteroatoms. The smallest absolute Gasteiger partial charge is 0.141 e. The standard InChI is InChI=1S/C10H18N4/c1-14(2)8-4-5-11-9-10-12-6-3-7-13-10/h3,6-7,11H,4-5,8-9H2,1-2H3. The van der Waals surface area contributed by atoms with Crippen LogP contribution >= 0.6 is 0 Å². The highest BCUT2D eigenvalue weighted by Gasteiger charge is 1.94. The molecule has 1 aromatic rings. The normalized spacial score (nSPS) is 10.8. The maximum Gasteiger partial charge on any atom is 0.141 e. The first-order valence-corrected chi connectivity index (χ1v) is 4.90. The van der Waals surface area contributed by atoms with E-state index in [9.17, 15) is 0 Å². The third-order valence-electron chi connectivity index (χ3n) is 1.86. The molecule has 78 valence electrons. The fourth-order valence-corrected chi connectivity index (χ4v) is 1.14. The fourth-order valence-electron chi connectivity index (χ4n) is 1.14. The van der Waals surface area contributed by atoms with Crippen LogP contribution in [0.5, 0.6) is 0 Å². The molecular weight excluding hydrogens is 176 g/mol. The van der Waals surface area contributed by atoms with Gasteiger partial charge in [-0.3, -0.25) is 0 Å². The van der Waals surface area contributed by atoms with Gasteiger partial charge < -0.3 is 10.2 Å². The van der Waals surface area contributed by atoms with Crippen LogP contribution in [0.4, 0.5) is 0 Å². The second kappa shape index (κ2) is 6.45. The Kier molecular flexibility index (Phi) is 5.11. The predicted octanol–water partition coefficient (Wildman–Crippen LogP) is 0.518. The topological polar surface area (TPSA) is 41.0 Å². The Balaban J connectivity index is 2.05. The summed E-state index contributed by atoms with van der Waals surface area (Å²) in [6.07, 6.45) is 4.69. The lowest BCUT2D eigenvalue weighted by molar-refractivity contribution is 0.394. The summed E-state index contributed by atoms with van der Waals surface area (Å²) >= 11 is 0. The van der Waals surface area contributed by atoms with Crippen LogP contribution in [-0.2, 0) is 6.54 Å². The third kappa shape index (κ3) is 4.89. The Bertz CT molecular complexity index is 235. The van der Waals surface area contributed by atoms with Crippen LogP contribution < -0.4 is 5.32 Å². The van der Waals surface area contributed by atoms with E-state index >= 15 is 0 Å². The first-order chi connectivity index (χ1) is 6.79. The van der Waals surface area contributed by atoms with Crippen molar-refractivity contribution in [3.05, 3.63) is 24.3 Å². The van der Waals surface area contributed by atoms with Crippen molar-refractivity contribution in [2.45, 2.75) is 13.0 Å². The van der Waals surface area contributed by atoms with Gasteiger partial charge in [0.05, 0.1) is 6.54 Å². The van der Waals surface area contributed by atoms with Gasteiger partial charge >= 0.3 is 0 Å². The van der Waals surface area contributed by atoms with Crippen molar-refractivity contribution >= 4 is 0 Å². The number of rotatable bonds is 6. The molecule has 4 nitrogen and oxygen atoms in total. The van der Waals surface area contributed by atoms with Crippen molar-refractivity contribution in [1.82, 2.24) is 20.2 Å². The van der Waals surface area contributed by atoms with Crippen molar-refractivity contribution in [2.24, 2.45) is 0 Å².